The average Bonchev–Trinajstić information content (AvgIpc) is 2.53. The zero-order chi connectivity index (χ0) is 16.7. The number of hydrogen-bond donors (Lipinski definition) is 1. The molecule has 2 rings (SSSR count). The molecule has 0 saturated heterocycles. The Balaban J connectivity index is 2.07. The van der Waals surface area contributed by atoms with Gasteiger partial charge in [0.15, 0.2) is 5.16 Å². The molecule has 2 aromatic rings. The summed E-state index contributed by atoms with van der Waals surface area (Å²) in [6.07, 6.45) is 0.277. The van der Waals surface area contributed by atoms with Crippen LogP contribution in [0.15, 0.2) is 41.6 Å². The fourth-order valence-electron chi connectivity index (χ4n) is 2.00. The molecule has 0 aliphatic carbocycles. The zero-order valence-corrected chi connectivity index (χ0v) is 13.6. The summed E-state index contributed by atoms with van der Waals surface area (Å²) in [7, 11) is 0. The monoisotopic (exact) mass is 327 g/mol. The molecule has 7 heteroatoms. The first-order valence-corrected chi connectivity index (χ1v) is 8.05. The van der Waals surface area contributed by atoms with Crippen molar-refractivity contribution in [3.05, 3.63) is 42.1 Å². The van der Waals surface area contributed by atoms with E-state index in [9.17, 15) is 4.79 Å². The van der Waals surface area contributed by atoms with E-state index >= 15 is 0 Å². The van der Waals surface area contributed by atoms with Crippen molar-refractivity contribution >= 4 is 29.2 Å². The number of hydrogen-bond acceptors (Lipinski definition) is 6. The lowest BCUT2D eigenvalue weighted by Gasteiger charge is -2.21. The maximum atomic E-state index is 12.5. The summed E-state index contributed by atoms with van der Waals surface area (Å²) in [4.78, 5) is 22.5. The number of carbonyl (C=O) groups is 1. The molecule has 118 valence electrons. The summed E-state index contributed by atoms with van der Waals surface area (Å²) in [6.45, 7) is 2.18. The Bertz CT molecular complexity index is 694. The van der Waals surface area contributed by atoms with Crippen molar-refractivity contribution in [1.29, 1.82) is 5.26 Å². The Kier molecular flexibility index (Phi) is 5.94. The summed E-state index contributed by atoms with van der Waals surface area (Å²) in [5.74, 6) is 0.473. The van der Waals surface area contributed by atoms with E-state index in [0.29, 0.717) is 17.5 Å². The Hall–Kier alpha value is -2.59. The van der Waals surface area contributed by atoms with Gasteiger partial charge >= 0.3 is 0 Å². The topological polar surface area (TPSA) is 95.9 Å². The summed E-state index contributed by atoms with van der Waals surface area (Å²) in [5, 5.41) is 9.26. The number of nitrogens with two attached hydrogens (primary N) is 1. The quantitative estimate of drug-likeness (QED) is 0.646. The molecule has 1 aromatic carbocycles. The number of rotatable bonds is 6. The molecule has 0 atom stereocenters. The first-order chi connectivity index (χ1) is 11.1. The van der Waals surface area contributed by atoms with Crippen molar-refractivity contribution in [3.8, 4) is 6.07 Å². The molecule has 6 nitrogen and oxygen atoms in total. The van der Waals surface area contributed by atoms with Crippen LogP contribution in [-0.4, -0.2) is 28.2 Å². The predicted molar refractivity (Wildman–Crippen MR) is 90.9 cm³/mol. The summed E-state index contributed by atoms with van der Waals surface area (Å²) in [5.41, 5.74) is 7.22. The average molecular weight is 327 g/mol. The lowest BCUT2D eigenvalue weighted by Crippen LogP contribution is -2.33. The highest BCUT2D eigenvalue weighted by Crippen LogP contribution is 2.19. The van der Waals surface area contributed by atoms with Crippen molar-refractivity contribution in [2.24, 2.45) is 0 Å². The second kappa shape index (κ2) is 8.15. The van der Waals surface area contributed by atoms with Gasteiger partial charge in [-0.3, -0.25) is 4.79 Å². The first kappa shape index (κ1) is 16.8. The molecule has 23 heavy (non-hydrogen) atoms. The molecule has 2 N–H and O–H groups in total. The van der Waals surface area contributed by atoms with Gasteiger partial charge in [-0.1, -0.05) is 30.0 Å². The van der Waals surface area contributed by atoms with E-state index in [-0.39, 0.29) is 18.1 Å². The van der Waals surface area contributed by atoms with Gasteiger partial charge < -0.3 is 10.6 Å². The molecule has 0 spiro atoms. The molecule has 0 unspecified atom stereocenters. The molecular formula is C16H17N5OS. The fourth-order valence-corrected chi connectivity index (χ4v) is 2.79. The number of nitriles is 1. The number of nitrogen functional groups attached to an aromatic ring is 1. The standard InChI is InChI=1S/C16H17N5OS/c1-12-10-14(18)20-16(19-12)23-11-15(22)21(9-5-8-17)13-6-3-2-4-7-13/h2-4,6-7,10H,5,9,11H2,1H3,(H2,18,19,20). The van der Waals surface area contributed by atoms with E-state index in [2.05, 4.69) is 16.0 Å². The van der Waals surface area contributed by atoms with Gasteiger partial charge in [0.1, 0.15) is 5.82 Å². The molecule has 0 aliphatic rings. The number of aromatic nitrogens is 2. The Labute approximate surface area is 139 Å². The van der Waals surface area contributed by atoms with Gasteiger partial charge in [-0.05, 0) is 19.1 Å². The lowest BCUT2D eigenvalue weighted by molar-refractivity contribution is -0.116. The number of para-hydroxylation sites is 1. The molecule has 0 aliphatic heterocycles. The summed E-state index contributed by atoms with van der Waals surface area (Å²) >= 11 is 1.24. The van der Waals surface area contributed by atoms with Crippen molar-refractivity contribution in [2.75, 3.05) is 22.9 Å². The predicted octanol–water partition coefficient (Wildman–Crippen LogP) is 2.41. The number of carbonyl (C=O) groups excluding carboxylic acids is 1. The van der Waals surface area contributed by atoms with Crippen LogP contribution in [0.1, 0.15) is 12.1 Å². The van der Waals surface area contributed by atoms with Crippen LogP contribution in [-0.2, 0) is 4.79 Å². The van der Waals surface area contributed by atoms with Crippen LogP contribution < -0.4 is 10.6 Å². The van der Waals surface area contributed by atoms with Crippen molar-refractivity contribution in [1.82, 2.24) is 9.97 Å². The van der Waals surface area contributed by atoms with E-state index in [1.54, 1.807) is 11.0 Å². The smallest absolute Gasteiger partial charge is 0.237 e. The number of benzene rings is 1. The van der Waals surface area contributed by atoms with Crippen LogP contribution in [0, 0.1) is 18.3 Å². The summed E-state index contributed by atoms with van der Waals surface area (Å²) < 4.78 is 0. The molecular weight excluding hydrogens is 310 g/mol. The second-order valence-electron chi connectivity index (χ2n) is 4.79. The van der Waals surface area contributed by atoms with Crippen molar-refractivity contribution < 1.29 is 4.79 Å². The number of thioether (sulfide) groups is 1. The van der Waals surface area contributed by atoms with Crippen LogP contribution in [0.2, 0.25) is 0 Å². The van der Waals surface area contributed by atoms with E-state index in [1.807, 2.05) is 37.3 Å². The summed E-state index contributed by atoms with van der Waals surface area (Å²) in [6, 6.07) is 13.0. The largest absolute Gasteiger partial charge is 0.384 e. The van der Waals surface area contributed by atoms with E-state index in [0.717, 1.165) is 11.4 Å². The number of anilines is 2. The normalized spacial score (nSPS) is 10.1. The third-order valence-corrected chi connectivity index (χ3v) is 3.83. The van der Waals surface area contributed by atoms with Crippen LogP contribution in [0.3, 0.4) is 0 Å². The minimum atomic E-state index is -0.0971. The van der Waals surface area contributed by atoms with Crippen LogP contribution in [0.5, 0.6) is 0 Å². The van der Waals surface area contributed by atoms with E-state index < -0.39 is 0 Å². The third kappa shape index (κ3) is 4.97. The second-order valence-corrected chi connectivity index (χ2v) is 5.74. The third-order valence-electron chi connectivity index (χ3n) is 2.99. The molecule has 1 aromatic heterocycles. The maximum absolute atomic E-state index is 12.5. The number of aryl methyl sites for hydroxylation is 1. The molecule has 0 bridgehead atoms. The van der Waals surface area contributed by atoms with Crippen LogP contribution >= 0.6 is 11.8 Å². The molecule has 0 fully saturated rings. The van der Waals surface area contributed by atoms with E-state index in [1.165, 1.54) is 11.8 Å². The Morgan fingerprint density at radius 1 is 1.35 bits per heavy atom. The molecule has 0 saturated carbocycles. The van der Waals surface area contributed by atoms with Gasteiger partial charge in [-0.2, -0.15) is 5.26 Å². The minimum Gasteiger partial charge on any atom is -0.384 e. The van der Waals surface area contributed by atoms with Crippen LogP contribution in [0.4, 0.5) is 11.5 Å². The van der Waals surface area contributed by atoms with Crippen LogP contribution in [0.25, 0.3) is 0 Å². The minimum absolute atomic E-state index is 0.0971. The SMILES string of the molecule is Cc1cc(N)nc(SCC(=O)N(CCC#N)c2ccccc2)n1. The van der Waals surface area contributed by atoms with Crippen molar-refractivity contribution in [2.45, 2.75) is 18.5 Å². The molecule has 1 heterocycles. The van der Waals surface area contributed by atoms with Crippen molar-refractivity contribution in [3.63, 3.8) is 0 Å². The highest BCUT2D eigenvalue weighted by Gasteiger charge is 2.16. The van der Waals surface area contributed by atoms with Gasteiger partial charge in [-0.15, -0.1) is 0 Å². The highest BCUT2D eigenvalue weighted by molar-refractivity contribution is 7.99. The molecule has 1 amide bonds. The van der Waals surface area contributed by atoms with Gasteiger partial charge in [0.2, 0.25) is 5.91 Å². The van der Waals surface area contributed by atoms with Gasteiger partial charge in [0.05, 0.1) is 18.2 Å². The molecule has 0 radical (unpaired) electrons. The van der Waals surface area contributed by atoms with Gasteiger partial charge in [-0.25, -0.2) is 9.97 Å². The lowest BCUT2D eigenvalue weighted by atomic mass is 10.2. The number of amides is 1. The maximum Gasteiger partial charge on any atom is 0.237 e. The zero-order valence-electron chi connectivity index (χ0n) is 12.8. The fraction of sp³-hybridized carbons (Fsp3) is 0.250. The van der Waals surface area contributed by atoms with Gasteiger partial charge in [0.25, 0.3) is 0 Å². The number of nitrogens with zero attached hydrogens (tertiary/aromatic N) is 4. The Morgan fingerprint density at radius 3 is 2.74 bits per heavy atom. The highest BCUT2D eigenvalue weighted by atomic mass is 32.2. The Morgan fingerprint density at radius 2 is 2.09 bits per heavy atom. The first-order valence-electron chi connectivity index (χ1n) is 7.06. The van der Waals surface area contributed by atoms with E-state index in [4.69, 9.17) is 11.0 Å². The van der Waals surface area contributed by atoms with Gasteiger partial charge in [0, 0.05) is 24.0 Å².